The molecule has 4 rings (SSSR count). The van der Waals surface area contributed by atoms with Crippen molar-refractivity contribution >= 4 is 5.97 Å². The first-order valence-corrected chi connectivity index (χ1v) is 13.8. The van der Waals surface area contributed by atoms with Crippen molar-refractivity contribution in [3.63, 3.8) is 0 Å². The molecular formula is C28H40O14. The van der Waals surface area contributed by atoms with E-state index in [9.17, 15) is 45.6 Å². The number of ether oxygens (including phenoxy) is 5. The van der Waals surface area contributed by atoms with Gasteiger partial charge in [-0.05, 0) is 58.1 Å². The number of phenolic OH excluding ortho intramolecular Hbond substituents is 3. The summed E-state index contributed by atoms with van der Waals surface area (Å²) in [5.41, 5.74) is 0.174. The van der Waals surface area contributed by atoms with Crippen LogP contribution >= 0.6 is 0 Å². The minimum Gasteiger partial charge on any atom is -0.504 e. The summed E-state index contributed by atoms with van der Waals surface area (Å²) in [5, 5.41) is 80.9. The summed E-state index contributed by atoms with van der Waals surface area (Å²) >= 11 is 0. The second kappa shape index (κ2) is 13.0. The zero-order chi connectivity index (χ0) is 30.9. The molecule has 0 aromatic heterocycles. The van der Waals surface area contributed by atoms with Gasteiger partial charge < -0.3 is 64.5 Å². The predicted molar refractivity (Wildman–Crippen MR) is 141 cm³/mol. The molecule has 0 unspecified atom stereocenters. The Labute approximate surface area is 242 Å². The normalized spacial score (nSPS) is 35.6. The van der Waals surface area contributed by atoms with Crippen LogP contribution in [0.4, 0.5) is 0 Å². The third kappa shape index (κ3) is 6.82. The van der Waals surface area contributed by atoms with Gasteiger partial charge in [0.2, 0.25) is 0 Å². The standard InChI is InChI=1S/C28H40O14/c1-12-4-6-14(7-5-12)28(2,3)42-26-23(36)22(35)20(33)18(40-26)11-38-27-24(21(34)17(10-29)39-27)41-25(37)13-8-15(30)19(32)16(31)9-13/h4,8-9,14,17-18,20-24,26-27,29-36H,5-7,10-11H2,1-3H3/t14-,17-,18+,20+,21-,22-,23+,24+,26-,27+/m0/s1. The number of hydrogen-bond donors (Lipinski definition) is 8. The molecule has 0 radical (unpaired) electrons. The number of rotatable bonds is 9. The Kier molecular flexibility index (Phi) is 10.0. The molecule has 10 atom stereocenters. The number of aromatic hydroxyl groups is 3. The first kappa shape index (κ1) is 32.4. The van der Waals surface area contributed by atoms with Gasteiger partial charge >= 0.3 is 5.97 Å². The molecule has 0 spiro atoms. The van der Waals surface area contributed by atoms with Crippen molar-refractivity contribution in [3.8, 4) is 17.2 Å². The van der Waals surface area contributed by atoms with Gasteiger partial charge in [-0.15, -0.1) is 0 Å². The molecule has 14 nitrogen and oxygen atoms in total. The van der Waals surface area contributed by atoms with E-state index in [-0.39, 0.29) is 11.5 Å². The molecule has 42 heavy (non-hydrogen) atoms. The third-order valence-electron chi connectivity index (χ3n) is 8.16. The van der Waals surface area contributed by atoms with Crippen LogP contribution in [-0.2, 0) is 23.7 Å². The van der Waals surface area contributed by atoms with Crippen molar-refractivity contribution in [3.05, 3.63) is 29.3 Å². The first-order valence-electron chi connectivity index (χ1n) is 13.8. The molecule has 3 aliphatic rings. The van der Waals surface area contributed by atoms with Gasteiger partial charge in [-0.25, -0.2) is 4.79 Å². The molecule has 1 aromatic carbocycles. The third-order valence-corrected chi connectivity index (χ3v) is 8.16. The largest absolute Gasteiger partial charge is 0.504 e. The molecule has 2 aliphatic heterocycles. The quantitative estimate of drug-likeness (QED) is 0.104. The van der Waals surface area contributed by atoms with E-state index in [1.54, 1.807) is 0 Å². The van der Waals surface area contributed by atoms with Crippen LogP contribution < -0.4 is 0 Å². The number of carbonyl (C=O) groups excluding carboxylic acids is 1. The molecule has 2 heterocycles. The maximum Gasteiger partial charge on any atom is 0.338 e. The summed E-state index contributed by atoms with van der Waals surface area (Å²) in [6.07, 6.45) is -8.46. The molecule has 8 N–H and O–H groups in total. The van der Waals surface area contributed by atoms with Crippen molar-refractivity contribution in [2.24, 2.45) is 5.92 Å². The fraction of sp³-hybridized carbons (Fsp3) is 0.679. The monoisotopic (exact) mass is 600 g/mol. The fourth-order valence-electron chi connectivity index (χ4n) is 5.36. The Hall–Kier alpha value is -2.53. The van der Waals surface area contributed by atoms with Crippen molar-refractivity contribution < 1.29 is 69.3 Å². The second-order valence-corrected chi connectivity index (χ2v) is 11.5. The van der Waals surface area contributed by atoms with E-state index in [1.165, 1.54) is 5.57 Å². The highest BCUT2D eigenvalue weighted by atomic mass is 16.7. The molecule has 1 aromatic rings. The minimum atomic E-state index is -1.65. The molecule has 2 saturated heterocycles. The highest BCUT2D eigenvalue weighted by Crippen LogP contribution is 2.38. The van der Waals surface area contributed by atoms with E-state index >= 15 is 0 Å². The number of aliphatic hydroxyl groups excluding tert-OH is 5. The zero-order valence-electron chi connectivity index (χ0n) is 23.6. The number of hydrogen-bond acceptors (Lipinski definition) is 14. The maximum atomic E-state index is 12.7. The summed E-state index contributed by atoms with van der Waals surface area (Å²) in [6, 6.07) is 1.68. The Morgan fingerprint density at radius 1 is 0.952 bits per heavy atom. The van der Waals surface area contributed by atoms with Crippen molar-refractivity contribution in [2.45, 2.75) is 101 Å². The van der Waals surface area contributed by atoms with Gasteiger partial charge in [0.05, 0.1) is 24.4 Å². The molecule has 1 aliphatic carbocycles. The first-order chi connectivity index (χ1) is 19.7. The van der Waals surface area contributed by atoms with Crippen LogP contribution in [0.25, 0.3) is 0 Å². The molecule has 14 heteroatoms. The average Bonchev–Trinajstić information content (AvgIpc) is 3.24. The average molecular weight is 601 g/mol. The van der Waals surface area contributed by atoms with Crippen molar-refractivity contribution in [2.75, 3.05) is 13.2 Å². The number of benzene rings is 1. The lowest BCUT2D eigenvalue weighted by molar-refractivity contribution is -0.334. The molecule has 0 bridgehead atoms. The van der Waals surface area contributed by atoms with Gasteiger partial charge in [-0.1, -0.05) is 11.6 Å². The maximum absolute atomic E-state index is 12.7. The van der Waals surface area contributed by atoms with Crippen LogP contribution in [0.2, 0.25) is 0 Å². The Morgan fingerprint density at radius 2 is 1.60 bits per heavy atom. The van der Waals surface area contributed by atoms with Crippen LogP contribution in [0.3, 0.4) is 0 Å². The van der Waals surface area contributed by atoms with Crippen LogP contribution in [0.1, 0.15) is 50.4 Å². The van der Waals surface area contributed by atoms with Gasteiger partial charge in [-0.3, -0.25) is 0 Å². The lowest BCUT2D eigenvalue weighted by Gasteiger charge is -2.45. The molecule has 0 amide bonds. The van der Waals surface area contributed by atoms with Gasteiger partial charge in [0.1, 0.15) is 36.6 Å². The molecular weight excluding hydrogens is 560 g/mol. The van der Waals surface area contributed by atoms with E-state index < -0.39 is 97.3 Å². The predicted octanol–water partition coefficient (Wildman–Crippen LogP) is -0.227. The summed E-state index contributed by atoms with van der Waals surface area (Å²) in [6.45, 7) is 4.65. The van der Waals surface area contributed by atoms with Gasteiger partial charge in [0.25, 0.3) is 0 Å². The van der Waals surface area contributed by atoms with E-state index in [0.29, 0.717) is 0 Å². The van der Waals surface area contributed by atoms with Crippen molar-refractivity contribution in [1.29, 1.82) is 0 Å². The van der Waals surface area contributed by atoms with Gasteiger partial charge in [0.15, 0.2) is 35.9 Å². The number of phenols is 3. The smallest absolute Gasteiger partial charge is 0.338 e. The lowest BCUT2D eigenvalue weighted by atomic mass is 9.79. The topological polar surface area (TPSA) is 225 Å². The summed E-state index contributed by atoms with van der Waals surface area (Å²) < 4.78 is 28.4. The van der Waals surface area contributed by atoms with Crippen LogP contribution in [0, 0.1) is 5.92 Å². The SMILES string of the molecule is CC1=CC[C@H](C(C)(C)O[C@@H]2O[C@H](CO[C@@H]3O[C@@H](CO)[C@H](O)[C@H]3OC(=O)c3cc(O)c(O)c(O)c3)[C@@H](O)[C@H](O)[C@H]2O)CC1. The number of esters is 1. The van der Waals surface area contributed by atoms with Crippen LogP contribution in [0.5, 0.6) is 17.2 Å². The van der Waals surface area contributed by atoms with Crippen LogP contribution in [0.15, 0.2) is 23.8 Å². The Morgan fingerprint density at radius 3 is 2.19 bits per heavy atom. The Balaban J connectivity index is 1.43. The minimum absolute atomic E-state index is 0.118. The Bertz CT molecular complexity index is 1110. The zero-order valence-corrected chi connectivity index (χ0v) is 23.6. The van der Waals surface area contributed by atoms with Gasteiger partial charge in [0, 0.05) is 0 Å². The summed E-state index contributed by atoms with van der Waals surface area (Å²) in [7, 11) is 0. The highest BCUT2D eigenvalue weighted by molar-refractivity contribution is 5.91. The number of carbonyl (C=O) groups is 1. The van der Waals surface area contributed by atoms with Crippen molar-refractivity contribution in [1.82, 2.24) is 0 Å². The molecule has 2 fully saturated rings. The number of aliphatic hydroxyl groups is 5. The lowest BCUT2D eigenvalue weighted by Crippen LogP contribution is -2.61. The van der Waals surface area contributed by atoms with E-state index in [0.717, 1.165) is 31.4 Å². The van der Waals surface area contributed by atoms with E-state index in [4.69, 9.17) is 23.7 Å². The molecule has 236 valence electrons. The van der Waals surface area contributed by atoms with E-state index in [1.807, 2.05) is 13.8 Å². The number of allylic oxidation sites excluding steroid dienone is 2. The second-order valence-electron chi connectivity index (χ2n) is 11.5. The highest BCUT2D eigenvalue weighted by Gasteiger charge is 2.50. The van der Waals surface area contributed by atoms with E-state index in [2.05, 4.69) is 13.0 Å². The summed E-state index contributed by atoms with van der Waals surface area (Å²) in [5.74, 6) is -3.42. The fourth-order valence-corrected chi connectivity index (χ4v) is 5.36. The summed E-state index contributed by atoms with van der Waals surface area (Å²) in [4.78, 5) is 12.7. The molecule has 0 saturated carbocycles. The van der Waals surface area contributed by atoms with Gasteiger partial charge in [-0.2, -0.15) is 0 Å². The van der Waals surface area contributed by atoms with Crippen LogP contribution in [-0.4, -0.2) is 121 Å².